The number of thiazole rings is 1. The average Bonchev–Trinajstić information content (AvgIpc) is 3.19. The molecule has 1 aliphatic heterocycles. The number of thioether (sulfide) groups is 1. The zero-order chi connectivity index (χ0) is 26.5. The largest absolute Gasteiger partial charge is 0.490 e. The first-order valence-corrected chi connectivity index (χ1v) is 14.2. The Kier molecular flexibility index (Phi) is 8.56. The maximum Gasteiger partial charge on any atom is 0.338 e. The summed E-state index contributed by atoms with van der Waals surface area (Å²) in [5.41, 5.74) is 2.26. The zero-order valence-corrected chi connectivity index (χ0v) is 23.2. The van der Waals surface area contributed by atoms with Gasteiger partial charge in [-0.3, -0.25) is 9.36 Å². The molecule has 194 valence electrons. The Morgan fingerprint density at radius 1 is 1.05 bits per heavy atom. The van der Waals surface area contributed by atoms with Crippen LogP contribution in [0.25, 0.3) is 6.08 Å². The lowest BCUT2D eigenvalue weighted by molar-refractivity contribution is -0.139. The van der Waals surface area contributed by atoms with E-state index >= 15 is 0 Å². The molecule has 4 rings (SSSR count). The van der Waals surface area contributed by atoms with Crippen molar-refractivity contribution < 1.29 is 19.0 Å². The molecular weight excluding hydrogens is 508 g/mol. The topological polar surface area (TPSA) is 79.1 Å². The number of rotatable bonds is 9. The van der Waals surface area contributed by atoms with Crippen LogP contribution in [0, 0.1) is 0 Å². The number of hydrogen-bond acceptors (Lipinski definition) is 8. The number of nitrogens with zero attached hydrogens (tertiary/aromatic N) is 2. The number of carbonyl (C=O) groups excluding carboxylic acids is 1. The Bertz CT molecular complexity index is 1500. The quantitative estimate of drug-likeness (QED) is 0.298. The number of benzene rings is 2. The minimum atomic E-state index is -0.716. The van der Waals surface area contributed by atoms with Crippen LogP contribution in [-0.4, -0.2) is 36.6 Å². The fourth-order valence-electron chi connectivity index (χ4n) is 4.20. The minimum Gasteiger partial charge on any atom is -0.490 e. The van der Waals surface area contributed by atoms with Gasteiger partial charge in [-0.2, -0.15) is 0 Å². The Balaban J connectivity index is 1.92. The lowest BCUT2D eigenvalue weighted by Crippen LogP contribution is -2.40. The van der Waals surface area contributed by atoms with E-state index in [0.29, 0.717) is 50.9 Å². The second-order valence-corrected chi connectivity index (χ2v) is 10.0. The van der Waals surface area contributed by atoms with Crippen molar-refractivity contribution in [1.82, 2.24) is 4.57 Å². The van der Waals surface area contributed by atoms with E-state index in [9.17, 15) is 9.59 Å². The van der Waals surface area contributed by atoms with Crippen molar-refractivity contribution in [3.63, 3.8) is 0 Å². The molecule has 1 aliphatic rings. The summed E-state index contributed by atoms with van der Waals surface area (Å²) in [6, 6.07) is 12.8. The third kappa shape index (κ3) is 5.52. The molecule has 2 aromatic carbocycles. The van der Waals surface area contributed by atoms with Crippen LogP contribution >= 0.6 is 23.1 Å². The summed E-state index contributed by atoms with van der Waals surface area (Å²) in [5, 5.41) is 0. The zero-order valence-electron chi connectivity index (χ0n) is 21.6. The maximum absolute atomic E-state index is 13.8. The first-order valence-electron chi connectivity index (χ1n) is 12.1. The summed E-state index contributed by atoms with van der Waals surface area (Å²) in [6.45, 7) is 8.47. The molecule has 0 saturated carbocycles. The Morgan fingerprint density at radius 3 is 2.41 bits per heavy atom. The van der Waals surface area contributed by atoms with Gasteiger partial charge in [0.15, 0.2) is 16.3 Å². The van der Waals surface area contributed by atoms with Gasteiger partial charge in [-0.05, 0) is 75.4 Å². The normalized spacial score (nSPS) is 15.3. The van der Waals surface area contributed by atoms with E-state index in [1.165, 1.54) is 11.3 Å². The van der Waals surface area contributed by atoms with Gasteiger partial charge < -0.3 is 14.2 Å². The fourth-order valence-corrected chi connectivity index (χ4v) is 5.65. The molecule has 0 N–H and O–H groups in total. The predicted molar refractivity (Wildman–Crippen MR) is 147 cm³/mol. The van der Waals surface area contributed by atoms with E-state index < -0.39 is 12.0 Å². The molecule has 7 nitrogen and oxygen atoms in total. The van der Waals surface area contributed by atoms with Crippen LogP contribution in [-0.2, 0) is 9.53 Å². The third-order valence-electron chi connectivity index (χ3n) is 5.81. The van der Waals surface area contributed by atoms with E-state index in [4.69, 9.17) is 14.2 Å². The molecule has 0 aliphatic carbocycles. The summed E-state index contributed by atoms with van der Waals surface area (Å²) in [7, 11) is 0. The molecule has 3 aromatic rings. The van der Waals surface area contributed by atoms with Gasteiger partial charge in [-0.1, -0.05) is 29.5 Å². The van der Waals surface area contributed by atoms with Crippen molar-refractivity contribution in [2.45, 2.75) is 38.6 Å². The predicted octanol–water partition coefficient (Wildman–Crippen LogP) is 4.32. The standard InChI is InChI=1S/C28H30N2O5S2/c1-6-33-21-14-11-19(16-22(21)34-7-2)25-24(27(32)35-8-3)17(4)29-28-30(25)26(31)23(37-28)15-18-9-12-20(36-5)13-10-18/h9-16,25H,6-8H2,1-5H3/b23-15-. The van der Waals surface area contributed by atoms with Crippen molar-refractivity contribution in [2.75, 3.05) is 26.1 Å². The van der Waals surface area contributed by atoms with E-state index in [2.05, 4.69) is 4.99 Å². The average molecular weight is 539 g/mol. The number of fused-ring (bicyclic) bond motifs is 1. The van der Waals surface area contributed by atoms with Crippen LogP contribution in [0.4, 0.5) is 0 Å². The van der Waals surface area contributed by atoms with E-state index in [-0.39, 0.29) is 12.2 Å². The van der Waals surface area contributed by atoms with Crippen LogP contribution in [0.1, 0.15) is 44.9 Å². The van der Waals surface area contributed by atoms with Crippen LogP contribution in [0.15, 0.2) is 68.4 Å². The molecule has 2 heterocycles. The molecule has 0 spiro atoms. The van der Waals surface area contributed by atoms with Gasteiger partial charge in [0.25, 0.3) is 5.56 Å². The molecule has 0 saturated heterocycles. The molecule has 0 radical (unpaired) electrons. The Morgan fingerprint density at radius 2 is 1.76 bits per heavy atom. The van der Waals surface area contributed by atoms with Gasteiger partial charge in [-0.25, -0.2) is 9.79 Å². The summed E-state index contributed by atoms with van der Waals surface area (Å²) in [6.07, 6.45) is 3.88. The van der Waals surface area contributed by atoms with E-state index in [0.717, 1.165) is 10.5 Å². The van der Waals surface area contributed by atoms with E-state index in [1.807, 2.05) is 68.6 Å². The number of hydrogen-bond donors (Lipinski definition) is 0. The van der Waals surface area contributed by atoms with Crippen molar-refractivity contribution in [3.8, 4) is 11.5 Å². The molecule has 9 heteroatoms. The van der Waals surface area contributed by atoms with Gasteiger partial charge in [0, 0.05) is 4.90 Å². The summed E-state index contributed by atoms with van der Waals surface area (Å²) in [4.78, 5) is 33.2. The minimum absolute atomic E-state index is 0.215. The number of aromatic nitrogens is 1. The van der Waals surface area contributed by atoms with Crippen molar-refractivity contribution in [2.24, 2.45) is 4.99 Å². The summed E-state index contributed by atoms with van der Waals surface area (Å²) < 4.78 is 19.1. The number of ether oxygens (including phenoxy) is 3. The van der Waals surface area contributed by atoms with Crippen LogP contribution in [0.5, 0.6) is 11.5 Å². The monoisotopic (exact) mass is 538 g/mol. The highest BCUT2D eigenvalue weighted by atomic mass is 32.2. The molecule has 0 amide bonds. The van der Waals surface area contributed by atoms with Gasteiger partial charge in [0.2, 0.25) is 0 Å². The van der Waals surface area contributed by atoms with Gasteiger partial charge in [-0.15, -0.1) is 11.8 Å². The molecule has 0 bridgehead atoms. The van der Waals surface area contributed by atoms with Gasteiger partial charge >= 0.3 is 5.97 Å². The molecule has 1 atom stereocenters. The molecular formula is C28H30N2O5S2. The molecule has 37 heavy (non-hydrogen) atoms. The smallest absolute Gasteiger partial charge is 0.338 e. The van der Waals surface area contributed by atoms with Crippen LogP contribution in [0.2, 0.25) is 0 Å². The van der Waals surface area contributed by atoms with Crippen molar-refractivity contribution >= 4 is 35.1 Å². The molecule has 1 aromatic heterocycles. The number of carbonyl (C=O) groups is 1. The first kappa shape index (κ1) is 26.8. The highest BCUT2D eigenvalue weighted by molar-refractivity contribution is 7.98. The second-order valence-electron chi connectivity index (χ2n) is 8.15. The summed E-state index contributed by atoms with van der Waals surface area (Å²) in [5.74, 6) is 0.658. The fraction of sp³-hybridized carbons (Fsp3) is 0.321. The van der Waals surface area contributed by atoms with Gasteiger partial charge in [0.1, 0.15) is 0 Å². The number of esters is 1. The highest BCUT2D eigenvalue weighted by Gasteiger charge is 2.34. The molecule has 0 fully saturated rings. The van der Waals surface area contributed by atoms with E-state index in [1.54, 1.807) is 30.2 Å². The molecule has 1 unspecified atom stereocenters. The number of allylic oxidation sites excluding steroid dienone is 1. The first-order chi connectivity index (χ1) is 17.9. The lowest BCUT2D eigenvalue weighted by Gasteiger charge is -2.25. The Labute approximate surface area is 224 Å². The summed E-state index contributed by atoms with van der Waals surface area (Å²) >= 11 is 2.96. The third-order valence-corrected chi connectivity index (χ3v) is 7.54. The van der Waals surface area contributed by atoms with Crippen molar-refractivity contribution in [3.05, 3.63) is 84.5 Å². The second kappa shape index (κ2) is 11.8. The maximum atomic E-state index is 13.8. The SMILES string of the molecule is CCOC(=O)C1=C(C)N=c2s/c(=C\c3ccc(SC)cc3)c(=O)n2C1c1ccc(OCC)c(OCC)c1. The van der Waals surface area contributed by atoms with Crippen LogP contribution in [0.3, 0.4) is 0 Å². The van der Waals surface area contributed by atoms with Crippen LogP contribution < -0.4 is 24.4 Å². The van der Waals surface area contributed by atoms with Crippen molar-refractivity contribution in [1.29, 1.82) is 0 Å². The highest BCUT2D eigenvalue weighted by Crippen LogP contribution is 2.36. The lowest BCUT2D eigenvalue weighted by atomic mass is 9.95. The van der Waals surface area contributed by atoms with Gasteiger partial charge in [0.05, 0.1) is 41.7 Å². The Hall–Kier alpha value is -3.30.